The topological polar surface area (TPSA) is 33.0 Å². The third-order valence-electron chi connectivity index (χ3n) is 1.16. The van der Waals surface area contributed by atoms with Gasteiger partial charge in [0, 0.05) is 5.02 Å². The van der Waals surface area contributed by atoms with Crippen LogP contribution < -0.4 is 4.74 Å². The maximum Gasteiger partial charge on any atom is 0.387 e. The molecule has 0 aliphatic carbocycles. The van der Waals surface area contributed by atoms with Crippen molar-refractivity contribution in [3.8, 4) is 5.75 Å². The monoisotopic (exact) mass is 192 g/mol. The molecule has 1 aromatic rings. The highest BCUT2D eigenvalue weighted by molar-refractivity contribution is 6.30. The van der Waals surface area contributed by atoms with Gasteiger partial charge in [0.25, 0.3) is 0 Å². The molecule has 0 aromatic heterocycles. The molecule has 0 aliphatic heterocycles. The van der Waals surface area contributed by atoms with Gasteiger partial charge in [0.1, 0.15) is 5.75 Å². The molecule has 1 aromatic carbocycles. The Kier molecular flexibility index (Phi) is 2.70. The van der Waals surface area contributed by atoms with Gasteiger partial charge in [0.05, 0.1) is 0 Å². The molecule has 66 valence electrons. The van der Waals surface area contributed by atoms with E-state index in [1.807, 2.05) is 0 Å². The molecule has 1 N–H and O–H groups in total. The summed E-state index contributed by atoms with van der Waals surface area (Å²) in [7, 11) is 0. The van der Waals surface area contributed by atoms with Crippen molar-refractivity contribution in [2.75, 3.05) is 0 Å². The summed E-state index contributed by atoms with van der Waals surface area (Å²) in [4.78, 5) is 0. The van der Waals surface area contributed by atoms with Crippen LogP contribution in [-0.2, 0) is 0 Å². The largest absolute Gasteiger partial charge is 0.696 e. The van der Waals surface area contributed by atoms with E-state index >= 15 is 0 Å². The quantitative estimate of drug-likeness (QED) is 0.704. The molecular weight excluding hydrogens is 188 g/mol. The molecule has 0 saturated heterocycles. The Bertz CT molecular complexity index is 280. The summed E-state index contributed by atoms with van der Waals surface area (Å²) in [6, 6.07) is 3.85. The van der Waals surface area contributed by atoms with Gasteiger partial charge in [-0.25, -0.2) is 0 Å². The van der Waals surface area contributed by atoms with Gasteiger partial charge in [-0.3, -0.25) is 0 Å². The summed E-state index contributed by atoms with van der Waals surface area (Å²) in [5.74, 6) is -0.172. The van der Waals surface area contributed by atoms with Gasteiger partial charge in [-0.05, 0) is 12.1 Å². The predicted molar refractivity (Wildman–Crippen MR) is 42.1 cm³/mol. The van der Waals surface area contributed by atoms with E-state index < -0.39 is 6.61 Å². The van der Waals surface area contributed by atoms with Crippen molar-refractivity contribution >= 4 is 17.3 Å². The Morgan fingerprint density at radius 3 is 2.58 bits per heavy atom. The maximum absolute atomic E-state index is 11.7. The number of hydrogen-bond acceptors (Lipinski definition) is 1. The first-order valence-electron chi connectivity index (χ1n) is 3.05. The number of alkyl halides is 2. The fourth-order valence-electron chi connectivity index (χ4n) is 0.701. The minimum Gasteiger partial charge on any atom is -0.696 e. The molecule has 0 spiro atoms. The molecular formula is C7H5ClF2NO-. The van der Waals surface area contributed by atoms with Crippen molar-refractivity contribution in [1.82, 2.24) is 0 Å². The average Bonchev–Trinajstić information content (AvgIpc) is 1.94. The second-order valence-corrected chi connectivity index (χ2v) is 2.46. The average molecular weight is 193 g/mol. The van der Waals surface area contributed by atoms with Crippen LogP contribution in [0, 0.1) is 0 Å². The molecule has 12 heavy (non-hydrogen) atoms. The van der Waals surface area contributed by atoms with Crippen LogP contribution in [0.1, 0.15) is 0 Å². The summed E-state index contributed by atoms with van der Waals surface area (Å²) in [5.41, 5.74) is 7.01. The zero-order chi connectivity index (χ0) is 9.14. The molecule has 0 fully saturated rings. The number of nitrogens with one attached hydrogen (secondary N) is 1. The number of ether oxygens (including phenoxy) is 1. The Morgan fingerprint density at radius 1 is 1.42 bits per heavy atom. The van der Waals surface area contributed by atoms with E-state index in [-0.39, 0.29) is 11.4 Å². The molecule has 0 atom stereocenters. The predicted octanol–water partition coefficient (Wildman–Crippen LogP) is 3.63. The van der Waals surface area contributed by atoms with Gasteiger partial charge >= 0.3 is 6.61 Å². The standard InChI is InChI=1S/C7H5ClF2NO/c8-4-1-2-6(5(11)3-4)12-7(9)10/h1-3,7,11H/q-1. The van der Waals surface area contributed by atoms with Crippen molar-refractivity contribution in [2.24, 2.45) is 0 Å². The summed E-state index contributed by atoms with van der Waals surface area (Å²) < 4.78 is 27.3. The molecule has 2 nitrogen and oxygen atoms in total. The Balaban J connectivity index is 2.86. The minimum absolute atomic E-state index is 0.150. The van der Waals surface area contributed by atoms with E-state index in [0.29, 0.717) is 5.02 Å². The third kappa shape index (κ3) is 2.23. The molecule has 0 bridgehead atoms. The normalized spacial score (nSPS) is 10.3. The van der Waals surface area contributed by atoms with Crippen molar-refractivity contribution in [1.29, 1.82) is 0 Å². The van der Waals surface area contributed by atoms with Crippen LogP contribution in [-0.4, -0.2) is 6.61 Å². The van der Waals surface area contributed by atoms with Gasteiger partial charge in [-0.15, -0.1) is 0 Å². The lowest BCUT2D eigenvalue weighted by atomic mass is 10.3. The number of benzene rings is 1. The summed E-state index contributed by atoms with van der Waals surface area (Å²) in [6.07, 6.45) is 0. The van der Waals surface area contributed by atoms with Crippen molar-refractivity contribution < 1.29 is 13.5 Å². The van der Waals surface area contributed by atoms with E-state index in [9.17, 15) is 8.78 Å². The Morgan fingerprint density at radius 2 is 2.08 bits per heavy atom. The van der Waals surface area contributed by atoms with Gasteiger partial charge in [-0.1, -0.05) is 23.4 Å². The molecule has 0 unspecified atom stereocenters. The van der Waals surface area contributed by atoms with Crippen molar-refractivity contribution in [3.63, 3.8) is 0 Å². The Labute approximate surface area is 72.9 Å². The second-order valence-electron chi connectivity index (χ2n) is 2.02. The number of hydrogen-bond donors (Lipinski definition) is 0. The highest BCUT2D eigenvalue weighted by Crippen LogP contribution is 2.30. The smallest absolute Gasteiger partial charge is 0.387 e. The van der Waals surface area contributed by atoms with Crippen molar-refractivity contribution in [2.45, 2.75) is 6.61 Å². The van der Waals surface area contributed by atoms with Gasteiger partial charge in [-0.2, -0.15) is 8.78 Å². The zero-order valence-electron chi connectivity index (χ0n) is 5.85. The fourth-order valence-corrected chi connectivity index (χ4v) is 0.873. The van der Waals surface area contributed by atoms with Crippen LogP contribution in [0.3, 0.4) is 0 Å². The minimum atomic E-state index is -2.91. The van der Waals surface area contributed by atoms with E-state index in [2.05, 4.69) is 4.74 Å². The lowest BCUT2D eigenvalue weighted by Crippen LogP contribution is -2.01. The van der Waals surface area contributed by atoms with Crippen LogP contribution in [0.25, 0.3) is 5.73 Å². The molecule has 0 amide bonds. The fraction of sp³-hybridized carbons (Fsp3) is 0.143. The lowest BCUT2D eigenvalue weighted by Gasteiger charge is -2.12. The summed E-state index contributed by atoms with van der Waals surface area (Å²) in [5, 5.41) is 0.321. The zero-order valence-corrected chi connectivity index (χ0v) is 6.61. The first-order chi connectivity index (χ1) is 5.59. The van der Waals surface area contributed by atoms with Gasteiger partial charge < -0.3 is 10.5 Å². The first-order valence-corrected chi connectivity index (χ1v) is 3.43. The molecule has 5 heteroatoms. The Hall–Kier alpha value is -1.03. The van der Waals surface area contributed by atoms with E-state index in [1.54, 1.807) is 0 Å². The summed E-state index contributed by atoms with van der Waals surface area (Å²) in [6.45, 7) is -2.91. The summed E-state index contributed by atoms with van der Waals surface area (Å²) >= 11 is 5.49. The second kappa shape index (κ2) is 3.58. The first kappa shape index (κ1) is 9.06. The molecule has 1 rings (SSSR count). The van der Waals surface area contributed by atoms with Crippen LogP contribution in [0.15, 0.2) is 18.2 Å². The molecule has 0 saturated carbocycles. The van der Waals surface area contributed by atoms with Gasteiger partial charge in [0.2, 0.25) is 0 Å². The lowest BCUT2D eigenvalue weighted by molar-refractivity contribution is -0.0492. The van der Waals surface area contributed by atoms with Crippen LogP contribution in [0.4, 0.5) is 14.5 Å². The van der Waals surface area contributed by atoms with Crippen LogP contribution in [0.5, 0.6) is 5.75 Å². The van der Waals surface area contributed by atoms with Crippen LogP contribution in [0.2, 0.25) is 5.02 Å². The number of rotatable bonds is 2. The maximum atomic E-state index is 11.7. The number of halogens is 3. The van der Waals surface area contributed by atoms with Gasteiger partial charge in [0.15, 0.2) is 0 Å². The SMILES string of the molecule is [NH-]c1cc(Cl)ccc1OC(F)F. The van der Waals surface area contributed by atoms with E-state index in [1.165, 1.54) is 18.2 Å². The highest BCUT2D eigenvalue weighted by Gasteiger charge is 2.03. The molecule has 0 radical (unpaired) electrons. The van der Waals surface area contributed by atoms with Crippen LogP contribution >= 0.6 is 11.6 Å². The third-order valence-corrected chi connectivity index (χ3v) is 1.39. The highest BCUT2D eigenvalue weighted by atomic mass is 35.5. The molecule has 0 heterocycles. The van der Waals surface area contributed by atoms with Crippen molar-refractivity contribution in [3.05, 3.63) is 29.0 Å². The van der Waals surface area contributed by atoms with E-state index in [0.717, 1.165) is 0 Å². The van der Waals surface area contributed by atoms with E-state index in [4.69, 9.17) is 17.3 Å². The molecule has 0 aliphatic rings.